The average molecular weight is 843 g/mol. The molecule has 2 heterocycles. The highest BCUT2D eigenvalue weighted by Crippen LogP contribution is 2.31. The van der Waals surface area contributed by atoms with Gasteiger partial charge in [0.1, 0.15) is 35.4 Å². The Kier molecular flexibility index (Phi) is 16.0. The molecule has 2 unspecified atom stereocenters. The Bertz CT molecular complexity index is 2230. The molecular formula is C40H38F4N4O8S2. The summed E-state index contributed by atoms with van der Waals surface area (Å²) in [7, 11) is 2.43. The number of carbonyl (C=O) groups is 6. The molecule has 5 rings (SSSR count). The first kappa shape index (κ1) is 44.6. The zero-order valence-corrected chi connectivity index (χ0v) is 33.0. The molecule has 306 valence electrons. The first-order chi connectivity index (χ1) is 27.6. The molecule has 0 saturated heterocycles. The van der Waals surface area contributed by atoms with Gasteiger partial charge in [0.05, 0.1) is 27.1 Å². The fourth-order valence-corrected chi connectivity index (χ4v) is 7.22. The summed E-state index contributed by atoms with van der Waals surface area (Å²) in [5.74, 6) is -6.85. The van der Waals surface area contributed by atoms with Crippen LogP contribution in [-0.4, -0.2) is 61.9 Å². The Morgan fingerprint density at radius 3 is 1.53 bits per heavy atom. The zero-order chi connectivity index (χ0) is 42.5. The topological polar surface area (TPSA) is 169 Å². The molecule has 18 heteroatoms. The van der Waals surface area contributed by atoms with Gasteiger partial charge in [0.15, 0.2) is 12.1 Å². The average Bonchev–Trinajstić information content (AvgIpc) is 3.85. The normalized spacial score (nSPS) is 12.8. The van der Waals surface area contributed by atoms with Crippen molar-refractivity contribution >= 4 is 68.3 Å². The lowest BCUT2D eigenvalue weighted by molar-refractivity contribution is -0.145. The number of amides is 4. The summed E-state index contributed by atoms with van der Waals surface area (Å²) in [6.45, 7) is 2.88. The van der Waals surface area contributed by atoms with Crippen molar-refractivity contribution in [2.45, 2.75) is 50.9 Å². The number of hydrogen-bond acceptors (Lipinski definition) is 10. The minimum atomic E-state index is -1.05. The minimum absolute atomic E-state index is 0.139. The monoisotopic (exact) mass is 842 g/mol. The standard InChI is InChI=1S/C22H20F2N2O4S.C18H18F2N2O4S/c1-12(25-19(27)9-13-7-14(23)10-15(24)8-13)21(28)26-20(22(29)30-2)17-11-31-18-6-4-3-5-16(17)18;1-10(21-15(23)8-11-6-12(19)9-13(20)7-11)17(24)22-16(18(25)26-2)14-4-3-5-27-14/h3-8,10-12,20H,9H2,1-2H3,(H,25,27)(H,26,28);3-7,9-10,16H,8H2,1-2H3,(H,21,23)(H,22,24)/t12-,20?;10-,16?/m00/s1. The van der Waals surface area contributed by atoms with Gasteiger partial charge in [0.2, 0.25) is 23.6 Å². The van der Waals surface area contributed by atoms with Gasteiger partial charge in [0.25, 0.3) is 0 Å². The number of nitrogens with one attached hydrogen (secondary N) is 4. The molecule has 0 aliphatic rings. The fourth-order valence-electron chi connectivity index (χ4n) is 5.47. The van der Waals surface area contributed by atoms with E-state index in [-0.39, 0.29) is 24.0 Å². The molecule has 2 aromatic heterocycles. The van der Waals surface area contributed by atoms with E-state index in [1.165, 1.54) is 50.7 Å². The van der Waals surface area contributed by atoms with Gasteiger partial charge in [-0.2, -0.15) is 0 Å². The molecular weight excluding hydrogens is 805 g/mol. The van der Waals surface area contributed by atoms with Gasteiger partial charge in [0, 0.05) is 27.3 Å². The minimum Gasteiger partial charge on any atom is -0.467 e. The molecule has 4 atom stereocenters. The lowest BCUT2D eigenvalue weighted by Crippen LogP contribution is -2.47. The third-order valence-corrected chi connectivity index (χ3v) is 10.1. The molecule has 12 nitrogen and oxygen atoms in total. The molecule has 0 aliphatic carbocycles. The number of esters is 2. The van der Waals surface area contributed by atoms with Gasteiger partial charge in [-0.05, 0) is 77.5 Å². The van der Waals surface area contributed by atoms with Crippen molar-refractivity contribution in [1.29, 1.82) is 0 Å². The van der Waals surface area contributed by atoms with Gasteiger partial charge < -0.3 is 30.7 Å². The molecule has 0 fully saturated rings. The third kappa shape index (κ3) is 12.7. The fraction of sp³-hybridized carbons (Fsp3) is 0.250. The second kappa shape index (κ2) is 20.9. The van der Waals surface area contributed by atoms with E-state index in [0.29, 0.717) is 22.6 Å². The molecule has 0 radical (unpaired) electrons. The molecule has 0 saturated carbocycles. The van der Waals surface area contributed by atoms with Crippen LogP contribution in [0.25, 0.3) is 10.1 Å². The summed E-state index contributed by atoms with van der Waals surface area (Å²) in [4.78, 5) is 74.0. The van der Waals surface area contributed by atoms with E-state index in [9.17, 15) is 46.3 Å². The van der Waals surface area contributed by atoms with Crippen LogP contribution >= 0.6 is 22.7 Å². The van der Waals surface area contributed by atoms with Crippen LogP contribution in [0.2, 0.25) is 0 Å². The Morgan fingerprint density at radius 2 is 1.07 bits per heavy atom. The molecule has 4 amide bonds. The zero-order valence-electron chi connectivity index (χ0n) is 31.4. The van der Waals surface area contributed by atoms with Crippen LogP contribution in [0.1, 0.15) is 47.5 Å². The number of rotatable bonds is 14. The maximum Gasteiger partial charge on any atom is 0.333 e. The molecule has 3 aromatic carbocycles. The molecule has 0 aliphatic heterocycles. The Labute approximate surface area is 337 Å². The van der Waals surface area contributed by atoms with E-state index < -0.39 is 83.0 Å². The number of methoxy groups -OCH3 is 2. The molecule has 4 N–H and O–H groups in total. The number of thiophene rings is 2. The van der Waals surface area contributed by atoms with Crippen LogP contribution in [0.4, 0.5) is 17.6 Å². The summed E-state index contributed by atoms with van der Waals surface area (Å²) < 4.78 is 63.4. The van der Waals surface area contributed by atoms with E-state index in [1.807, 2.05) is 24.3 Å². The first-order valence-electron chi connectivity index (χ1n) is 17.3. The lowest BCUT2D eigenvalue weighted by Gasteiger charge is -2.20. The molecule has 0 spiro atoms. The van der Waals surface area contributed by atoms with E-state index in [2.05, 4.69) is 21.3 Å². The quantitative estimate of drug-likeness (QED) is 0.0856. The summed E-state index contributed by atoms with van der Waals surface area (Å²) in [6.07, 6.45) is -0.598. The van der Waals surface area contributed by atoms with Crippen LogP contribution in [0, 0.1) is 23.3 Å². The van der Waals surface area contributed by atoms with Crippen LogP contribution in [0.15, 0.2) is 83.6 Å². The van der Waals surface area contributed by atoms with Crippen molar-refractivity contribution in [2.24, 2.45) is 0 Å². The highest BCUT2D eigenvalue weighted by atomic mass is 32.1. The maximum atomic E-state index is 13.3. The van der Waals surface area contributed by atoms with Crippen molar-refractivity contribution in [3.63, 3.8) is 0 Å². The predicted octanol–water partition coefficient (Wildman–Crippen LogP) is 5.36. The number of hydrogen-bond donors (Lipinski definition) is 4. The molecule has 0 bridgehead atoms. The Morgan fingerprint density at radius 1 is 0.603 bits per heavy atom. The van der Waals surface area contributed by atoms with Gasteiger partial charge >= 0.3 is 11.9 Å². The van der Waals surface area contributed by atoms with Crippen molar-refractivity contribution in [2.75, 3.05) is 14.2 Å². The number of ether oxygens (including phenoxy) is 2. The largest absolute Gasteiger partial charge is 0.467 e. The summed E-state index contributed by atoms with van der Waals surface area (Å²) in [5.41, 5.74) is 0.873. The predicted molar refractivity (Wildman–Crippen MR) is 207 cm³/mol. The smallest absolute Gasteiger partial charge is 0.333 e. The van der Waals surface area contributed by atoms with Gasteiger partial charge in [-0.15, -0.1) is 22.7 Å². The van der Waals surface area contributed by atoms with E-state index >= 15 is 0 Å². The first-order valence-corrected chi connectivity index (χ1v) is 19.1. The number of carbonyl (C=O) groups excluding carboxylic acids is 6. The van der Waals surface area contributed by atoms with Crippen molar-refractivity contribution in [3.8, 4) is 0 Å². The highest BCUT2D eigenvalue weighted by molar-refractivity contribution is 7.17. The van der Waals surface area contributed by atoms with E-state index in [0.717, 1.165) is 34.4 Å². The maximum absolute atomic E-state index is 13.3. The van der Waals surface area contributed by atoms with Gasteiger partial charge in [-0.3, -0.25) is 19.2 Å². The van der Waals surface area contributed by atoms with Crippen LogP contribution in [0.3, 0.4) is 0 Å². The number of fused-ring (bicyclic) bond motifs is 1. The second-order valence-corrected chi connectivity index (χ2v) is 14.5. The number of halogens is 4. The van der Waals surface area contributed by atoms with Gasteiger partial charge in [-0.1, -0.05) is 24.3 Å². The van der Waals surface area contributed by atoms with Crippen molar-refractivity contribution in [3.05, 3.63) is 128 Å². The highest BCUT2D eigenvalue weighted by Gasteiger charge is 2.29. The van der Waals surface area contributed by atoms with E-state index in [4.69, 9.17) is 9.47 Å². The second-order valence-electron chi connectivity index (χ2n) is 12.6. The van der Waals surface area contributed by atoms with Crippen molar-refractivity contribution < 1.29 is 55.8 Å². The Balaban J connectivity index is 0.000000259. The molecule has 58 heavy (non-hydrogen) atoms. The SMILES string of the molecule is COC(=O)C(NC(=O)[C@H](C)NC(=O)Cc1cc(F)cc(F)c1)c1cccs1.COC(=O)C(NC(=O)[C@H](C)NC(=O)Cc1cc(F)cc(F)c1)c1csc2ccccc12. The van der Waals surface area contributed by atoms with Crippen molar-refractivity contribution in [1.82, 2.24) is 21.3 Å². The molecule has 5 aromatic rings. The summed E-state index contributed by atoms with van der Waals surface area (Å²) in [5, 5.41) is 14.4. The van der Waals surface area contributed by atoms with Crippen LogP contribution < -0.4 is 21.3 Å². The Hall–Kier alpha value is -6.14. The summed E-state index contributed by atoms with van der Waals surface area (Å²) in [6, 6.07) is 12.4. The lowest BCUT2D eigenvalue weighted by atomic mass is 10.1. The number of benzene rings is 3. The van der Waals surface area contributed by atoms with E-state index in [1.54, 1.807) is 22.9 Å². The van der Waals surface area contributed by atoms with Crippen LogP contribution in [-0.2, 0) is 51.1 Å². The van der Waals surface area contributed by atoms with Crippen LogP contribution in [0.5, 0.6) is 0 Å². The summed E-state index contributed by atoms with van der Waals surface area (Å²) >= 11 is 2.70. The third-order valence-electron chi connectivity index (χ3n) is 8.21. The van der Waals surface area contributed by atoms with Gasteiger partial charge in [-0.25, -0.2) is 27.2 Å².